The van der Waals surface area contributed by atoms with Crippen molar-refractivity contribution in [3.05, 3.63) is 24.8 Å². The van der Waals surface area contributed by atoms with Gasteiger partial charge in [-0.3, -0.25) is 4.79 Å². The van der Waals surface area contributed by atoms with Crippen LogP contribution in [0.4, 0.5) is 0 Å². The van der Waals surface area contributed by atoms with Gasteiger partial charge >= 0.3 is 0 Å². The molecule has 0 rings (SSSR count). The summed E-state index contributed by atoms with van der Waals surface area (Å²) < 4.78 is 0. The van der Waals surface area contributed by atoms with Crippen LogP contribution < -0.4 is 0 Å². The Morgan fingerprint density at radius 1 is 0.889 bits per heavy atom. The maximum Gasteiger partial charge on any atom is 0.139 e. The van der Waals surface area contributed by atoms with E-state index in [-0.39, 0.29) is 22.0 Å². The Balaban J connectivity index is 5.87. The first-order chi connectivity index (χ1) is 12.1. The second-order valence-electron chi connectivity index (χ2n) is 10.8. The van der Waals surface area contributed by atoms with Crippen LogP contribution in [0.2, 0.25) is 0 Å². The Morgan fingerprint density at radius 2 is 1.41 bits per heavy atom. The SMILES string of the molecule is C=CC(C)(C(C)=O)C(C)(CC)CC(C)(C)C(C)(C=CCC(C)(C)CC)CC. The van der Waals surface area contributed by atoms with Crippen LogP contribution in [0.1, 0.15) is 108 Å². The largest absolute Gasteiger partial charge is 0.299 e. The molecule has 0 aromatic rings. The quantitative estimate of drug-likeness (QED) is 0.312. The van der Waals surface area contributed by atoms with Crippen LogP contribution in [-0.4, -0.2) is 5.78 Å². The van der Waals surface area contributed by atoms with Crippen LogP contribution in [0, 0.1) is 27.1 Å². The van der Waals surface area contributed by atoms with E-state index >= 15 is 0 Å². The summed E-state index contributed by atoms with van der Waals surface area (Å²) in [5.41, 5.74) is -0.104. The van der Waals surface area contributed by atoms with Crippen LogP contribution in [0.15, 0.2) is 24.8 Å². The van der Waals surface area contributed by atoms with E-state index in [0.29, 0.717) is 5.41 Å². The summed E-state index contributed by atoms with van der Waals surface area (Å²) in [7, 11) is 0. The second-order valence-corrected chi connectivity index (χ2v) is 10.8. The van der Waals surface area contributed by atoms with Gasteiger partial charge in [0.05, 0.1) is 0 Å². The van der Waals surface area contributed by atoms with E-state index in [0.717, 1.165) is 25.7 Å². The molecule has 0 saturated heterocycles. The zero-order valence-corrected chi connectivity index (χ0v) is 20.4. The highest BCUT2D eigenvalue weighted by Gasteiger charge is 2.50. The lowest BCUT2D eigenvalue weighted by Crippen LogP contribution is -2.47. The van der Waals surface area contributed by atoms with Crippen molar-refractivity contribution >= 4 is 5.78 Å². The summed E-state index contributed by atoms with van der Waals surface area (Å²) in [6.07, 6.45) is 12.1. The number of ketones is 1. The molecule has 0 aliphatic rings. The van der Waals surface area contributed by atoms with E-state index in [4.69, 9.17) is 0 Å². The van der Waals surface area contributed by atoms with Gasteiger partial charge in [0.2, 0.25) is 0 Å². The lowest BCUT2D eigenvalue weighted by Gasteiger charge is -2.52. The first-order valence-corrected chi connectivity index (χ1v) is 10.9. The maximum atomic E-state index is 12.5. The van der Waals surface area contributed by atoms with Gasteiger partial charge in [-0.2, -0.15) is 0 Å². The standard InChI is InChI=1S/C26H48O/c1-13-22(6,7)18-17-19-24(10,14-2)23(8,9)20-25(11,15-3)26(12,16-4)21(5)27/h16-17,19H,4,13-15,18,20H2,1-3,5-12H3. The molecule has 0 heterocycles. The fraction of sp³-hybridized carbons (Fsp3) is 0.808. The van der Waals surface area contributed by atoms with Gasteiger partial charge < -0.3 is 0 Å². The van der Waals surface area contributed by atoms with Gasteiger partial charge in [-0.15, -0.1) is 6.58 Å². The highest BCUT2D eigenvalue weighted by atomic mass is 16.1. The molecule has 0 radical (unpaired) electrons. The molecule has 0 saturated carbocycles. The molecule has 0 spiro atoms. The Bertz CT molecular complexity index is 538. The van der Waals surface area contributed by atoms with E-state index in [1.165, 1.54) is 6.42 Å². The minimum absolute atomic E-state index is 0.0685. The van der Waals surface area contributed by atoms with E-state index in [9.17, 15) is 4.79 Å². The van der Waals surface area contributed by atoms with Gasteiger partial charge in [-0.05, 0) is 61.2 Å². The molecule has 3 unspecified atom stereocenters. The molecule has 0 bridgehead atoms. The Morgan fingerprint density at radius 3 is 1.74 bits per heavy atom. The van der Waals surface area contributed by atoms with Gasteiger partial charge in [-0.1, -0.05) is 87.0 Å². The van der Waals surface area contributed by atoms with Crippen LogP contribution in [0.25, 0.3) is 0 Å². The molecule has 1 nitrogen and oxygen atoms in total. The highest BCUT2D eigenvalue weighted by Crippen LogP contribution is 2.56. The van der Waals surface area contributed by atoms with E-state index in [1.54, 1.807) is 6.92 Å². The normalized spacial score (nSPS) is 20.0. The van der Waals surface area contributed by atoms with Crippen LogP contribution in [0.5, 0.6) is 0 Å². The van der Waals surface area contributed by atoms with E-state index in [1.807, 2.05) is 6.08 Å². The maximum absolute atomic E-state index is 12.5. The summed E-state index contributed by atoms with van der Waals surface area (Å²) in [5.74, 6) is 0.219. The highest BCUT2D eigenvalue weighted by molar-refractivity contribution is 5.84. The van der Waals surface area contributed by atoms with Crippen LogP contribution in [-0.2, 0) is 4.79 Å². The van der Waals surface area contributed by atoms with Gasteiger partial charge in [0, 0.05) is 5.41 Å². The topological polar surface area (TPSA) is 17.1 Å². The molecule has 158 valence electrons. The van der Waals surface area contributed by atoms with E-state index in [2.05, 4.69) is 88.0 Å². The Kier molecular flexibility index (Phi) is 8.81. The first kappa shape index (κ1) is 26.1. The van der Waals surface area contributed by atoms with E-state index < -0.39 is 5.41 Å². The number of hydrogen-bond acceptors (Lipinski definition) is 1. The van der Waals surface area contributed by atoms with Crippen LogP contribution in [0.3, 0.4) is 0 Å². The molecule has 3 atom stereocenters. The summed E-state index contributed by atoms with van der Waals surface area (Å²) in [5, 5.41) is 0. The van der Waals surface area contributed by atoms with Crippen molar-refractivity contribution in [2.45, 2.75) is 108 Å². The summed E-state index contributed by atoms with van der Waals surface area (Å²) in [6, 6.07) is 0. The van der Waals surface area contributed by atoms with Crippen molar-refractivity contribution in [2.24, 2.45) is 27.1 Å². The number of carbonyl (C=O) groups is 1. The summed E-state index contributed by atoms with van der Waals surface area (Å²) in [4.78, 5) is 12.5. The molecule has 0 aromatic carbocycles. The predicted octanol–water partition coefficient (Wildman–Crippen LogP) is 8.40. The fourth-order valence-electron chi connectivity index (χ4n) is 4.27. The summed E-state index contributed by atoms with van der Waals surface area (Å²) >= 11 is 0. The lowest BCUT2D eigenvalue weighted by atomic mass is 9.52. The monoisotopic (exact) mass is 376 g/mol. The minimum Gasteiger partial charge on any atom is -0.299 e. The van der Waals surface area contributed by atoms with Crippen molar-refractivity contribution < 1.29 is 4.79 Å². The zero-order chi connectivity index (χ0) is 21.7. The van der Waals surface area contributed by atoms with Gasteiger partial charge in [-0.25, -0.2) is 0 Å². The minimum atomic E-state index is -0.498. The van der Waals surface area contributed by atoms with Gasteiger partial charge in [0.15, 0.2) is 0 Å². The number of allylic oxidation sites excluding steroid dienone is 3. The second kappa shape index (κ2) is 9.10. The molecule has 0 N–H and O–H groups in total. The first-order valence-electron chi connectivity index (χ1n) is 10.9. The number of hydrogen-bond donors (Lipinski definition) is 0. The number of rotatable bonds is 12. The van der Waals surface area contributed by atoms with Gasteiger partial charge in [0.1, 0.15) is 5.78 Å². The lowest BCUT2D eigenvalue weighted by molar-refractivity contribution is -0.131. The average molecular weight is 377 g/mol. The predicted molar refractivity (Wildman–Crippen MR) is 122 cm³/mol. The molecule has 1 heteroatoms. The fourth-order valence-corrected chi connectivity index (χ4v) is 4.27. The molecule has 0 aliphatic carbocycles. The van der Waals surface area contributed by atoms with Crippen molar-refractivity contribution in [3.63, 3.8) is 0 Å². The molecule has 0 amide bonds. The molecular formula is C26H48O. The number of Topliss-reactive ketones (excluding diaryl/α,β-unsaturated/α-hetero) is 1. The average Bonchev–Trinajstić information content (AvgIpc) is 2.59. The van der Waals surface area contributed by atoms with Crippen LogP contribution >= 0.6 is 0 Å². The van der Waals surface area contributed by atoms with Crippen molar-refractivity contribution in [1.82, 2.24) is 0 Å². The number of carbonyl (C=O) groups excluding carboxylic acids is 1. The molecule has 0 aromatic heterocycles. The smallest absolute Gasteiger partial charge is 0.139 e. The van der Waals surface area contributed by atoms with Crippen molar-refractivity contribution in [3.8, 4) is 0 Å². The Hall–Kier alpha value is -0.850. The third kappa shape index (κ3) is 5.58. The van der Waals surface area contributed by atoms with Crippen molar-refractivity contribution in [1.29, 1.82) is 0 Å². The third-order valence-electron chi connectivity index (χ3n) is 8.40. The van der Waals surface area contributed by atoms with Gasteiger partial charge in [0.25, 0.3) is 0 Å². The molecular weight excluding hydrogens is 328 g/mol. The Labute approximate surface area is 171 Å². The molecule has 0 fully saturated rings. The van der Waals surface area contributed by atoms with Crippen molar-refractivity contribution in [2.75, 3.05) is 0 Å². The molecule has 27 heavy (non-hydrogen) atoms. The molecule has 0 aliphatic heterocycles. The third-order valence-corrected chi connectivity index (χ3v) is 8.40. The summed E-state index contributed by atoms with van der Waals surface area (Å²) in [6.45, 7) is 28.7. The zero-order valence-electron chi connectivity index (χ0n) is 20.4.